The SMILES string of the molecule is CC(C)(C)S(=O)Cc1cccc(NC(=O)C2CCCC(C(=O)O)C2)c1. The van der Waals surface area contributed by atoms with E-state index >= 15 is 0 Å². The Labute approximate surface area is 151 Å². The second-order valence-corrected chi connectivity index (χ2v) is 9.90. The maximum atomic E-state index is 12.5. The van der Waals surface area contributed by atoms with Gasteiger partial charge >= 0.3 is 5.97 Å². The van der Waals surface area contributed by atoms with E-state index in [4.69, 9.17) is 5.11 Å². The van der Waals surface area contributed by atoms with Crippen LogP contribution in [0.5, 0.6) is 0 Å². The van der Waals surface area contributed by atoms with Crippen molar-refractivity contribution in [1.29, 1.82) is 0 Å². The number of carboxylic acids is 1. The topological polar surface area (TPSA) is 83.5 Å². The smallest absolute Gasteiger partial charge is 0.306 e. The predicted octanol–water partition coefficient (Wildman–Crippen LogP) is 3.56. The first-order valence-electron chi connectivity index (χ1n) is 8.68. The van der Waals surface area contributed by atoms with E-state index in [1.54, 1.807) is 6.07 Å². The van der Waals surface area contributed by atoms with E-state index in [1.807, 2.05) is 39.0 Å². The van der Waals surface area contributed by atoms with Crippen LogP contribution in [-0.4, -0.2) is 25.9 Å². The summed E-state index contributed by atoms with van der Waals surface area (Å²) in [7, 11) is -1.00. The summed E-state index contributed by atoms with van der Waals surface area (Å²) in [5, 5.41) is 12.0. The molecule has 2 rings (SSSR count). The molecule has 1 fully saturated rings. The van der Waals surface area contributed by atoms with Crippen LogP contribution in [0.3, 0.4) is 0 Å². The van der Waals surface area contributed by atoms with E-state index in [9.17, 15) is 13.8 Å². The van der Waals surface area contributed by atoms with E-state index in [0.29, 0.717) is 24.3 Å². The van der Waals surface area contributed by atoms with Crippen LogP contribution in [0.4, 0.5) is 5.69 Å². The fourth-order valence-electron chi connectivity index (χ4n) is 3.00. The van der Waals surface area contributed by atoms with Crippen molar-refractivity contribution in [3.05, 3.63) is 29.8 Å². The molecule has 0 saturated heterocycles. The summed E-state index contributed by atoms with van der Waals surface area (Å²) in [4.78, 5) is 23.6. The molecule has 3 unspecified atom stereocenters. The van der Waals surface area contributed by atoms with Gasteiger partial charge in [-0.3, -0.25) is 13.8 Å². The van der Waals surface area contributed by atoms with Crippen LogP contribution in [0.2, 0.25) is 0 Å². The third kappa shape index (κ3) is 5.66. The number of carbonyl (C=O) groups excluding carboxylic acids is 1. The number of benzene rings is 1. The highest BCUT2D eigenvalue weighted by Gasteiger charge is 2.31. The Morgan fingerprint density at radius 2 is 1.92 bits per heavy atom. The first-order valence-corrected chi connectivity index (χ1v) is 10.00. The molecule has 2 N–H and O–H groups in total. The number of hydrogen-bond donors (Lipinski definition) is 2. The summed E-state index contributed by atoms with van der Waals surface area (Å²) >= 11 is 0. The lowest BCUT2D eigenvalue weighted by Gasteiger charge is -2.25. The third-order valence-electron chi connectivity index (χ3n) is 4.57. The van der Waals surface area contributed by atoms with Crippen molar-refractivity contribution < 1.29 is 18.9 Å². The summed E-state index contributed by atoms with van der Waals surface area (Å²) in [5.74, 6) is -1.19. The number of carbonyl (C=O) groups is 2. The Morgan fingerprint density at radius 3 is 2.56 bits per heavy atom. The number of amides is 1. The molecule has 1 saturated carbocycles. The Hall–Kier alpha value is -1.69. The maximum Gasteiger partial charge on any atom is 0.306 e. The number of anilines is 1. The predicted molar refractivity (Wildman–Crippen MR) is 99.8 cm³/mol. The molecule has 5 nitrogen and oxygen atoms in total. The minimum Gasteiger partial charge on any atom is -0.481 e. The minimum atomic E-state index is -1.00. The van der Waals surface area contributed by atoms with Gasteiger partial charge in [0.15, 0.2) is 0 Å². The van der Waals surface area contributed by atoms with E-state index in [2.05, 4.69) is 5.32 Å². The van der Waals surface area contributed by atoms with Gasteiger partial charge in [0, 0.05) is 32.9 Å². The van der Waals surface area contributed by atoms with Gasteiger partial charge in [-0.15, -0.1) is 0 Å². The lowest BCUT2D eigenvalue weighted by atomic mass is 9.81. The van der Waals surface area contributed by atoms with Crippen LogP contribution in [0.25, 0.3) is 0 Å². The molecular weight excluding hydrogens is 338 g/mol. The first kappa shape index (κ1) is 19.6. The van der Waals surface area contributed by atoms with E-state index < -0.39 is 22.7 Å². The number of aliphatic carboxylic acids is 1. The maximum absolute atomic E-state index is 12.5. The van der Waals surface area contributed by atoms with Crippen molar-refractivity contribution >= 4 is 28.4 Å². The highest BCUT2D eigenvalue weighted by Crippen LogP contribution is 2.30. The Kier molecular flexibility index (Phi) is 6.38. The molecule has 1 aromatic carbocycles. The zero-order valence-corrected chi connectivity index (χ0v) is 15.9. The van der Waals surface area contributed by atoms with Gasteiger partial charge in [-0.05, 0) is 57.7 Å². The molecule has 0 aromatic heterocycles. The summed E-state index contributed by atoms with van der Waals surface area (Å²) < 4.78 is 12.0. The number of carboxylic acid groups (broad SMARTS) is 1. The van der Waals surface area contributed by atoms with Crippen LogP contribution < -0.4 is 5.32 Å². The number of rotatable bonds is 5. The quantitative estimate of drug-likeness (QED) is 0.836. The lowest BCUT2D eigenvalue weighted by Crippen LogP contribution is -2.31. The van der Waals surface area contributed by atoms with Crippen molar-refractivity contribution in [2.45, 2.75) is 57.0 Å². The first-order chi connectivity index (χ1) is 11.7. The van der Waals surface area contributed by atoms with Gasteiger partial charge in [-0.1, -0.05) is 18.6 Å². The summed E-state index contributed by atoms with van der Waals surface area (Å²) in [6, 6.07) is 7.39. The molecule has 1 amide bonds. The Balaban J connectivity index is 2.00. The Morgan fingerprint density at radius 1 is 1.24 bits per heavy atom. The summed E-state index contributed by atoms with van der Waals surface area (Å²) in [6.45, 7) is 5.82. The molecule has 25 heavy (non-hydrogen) atoms. The zero-order chi connectivity index (χ0) is 18.6. The number of hydrogen-bond acceptors (Lipinski definition) is 3. The van der Waals surface area contributed by atoms with Crippen molar-refractivity contribution in [1.82, 2.24) is 0 Å². The van der Waals surface area contributed by atoms with E-state index in [1.165, 1.54) is 0 Å². The summed E-state index contributed by atoms with van der Waals surface area (Å²) in [5.41, 5.74) is 1.59. The fraction of sp³-hybridized carbons (Fsp3) is 0.579. The molecule has 1 aliphatic rings. The van der Waals surface area contributed by atoms with Gasteiger partial charge < -0.3 is 10.4 Å². The molecule has 6 heteroatoms. The van der Waals surface area contributed by atoms with Gasteiger partial charge in [-0.2, -0.15) is 0 Å². The van der Waals surface area contributed by atoms with Crippen molar-refractivity contribution in [2.75, 3.05) is 5.32 Å². The standard InChI is InChI=1S/C19H27NO4S/c1-19(2,3)25(24)12-13-6-4-9-16(10-13)20-17(21)14-7-5-8-15(11-14)18(22)23/h4,6,9-10,14-15H,5,7-8,11-12H2,1-3H3,(H,20,21)(H,22,23). The zero-order valence-electron chi connectivity index (χ0n) is 15.1. The van der Waals surface area contributed by atoms with E-state index in [-0.39, 0.29) is 16.6 Å². The molecule has 0 radical (unpaired) electrons. The highest BCUT2D eigenvalue weighted by atomic mass is 32.2. The fourth-order valence-corrected chi connectivity index (χ4v) is 3.92. The molecule has 0 bridgehead atoms. The molecule has 0 aliphatic heterocycles. The van der Waals surface area contributed by atoms with Crippen LogP contribution in [0, 0.1) is 11.8 Å². The van der Waals surface area contributed by atoms with Gasteiger partial charge in [0.1, 0.15) is 0 Å². The molecule has 1 aromatic rings. The number of nitrogens with one attached hydrogen (secondary N) is 1. The Bertz CT molecular complexity index is 666. The van der Waals surface area contributed by atoms with Crippen molar-refractivity contribution in [2.24, 2.45) is 11.8 Å². The average molecular weight is 365 g/mol. The molecular formula is C19H27NO4S. The molecule has 1 aliphatic carbocycles. The summed E-state index contributed by atoms with van der Waals surface area (Å²) in [6.07, 6.45) is 2.53. The van der Waals surface area contributed by atoms with Crippen LogP contribution in [0.1, 0.15) is 52.0 Å². The second kappa shape index (κ2) is 8.13. The van der Waals surface area contributed by atoms with Gasteiger partial charge in [0.25, 0.3) is 0 Å². The second-order valence-electron chi connectivity index (χ2n) is 7.69. The van der Waals surface area contributed by atoms with Crippen LogP contribution in [-0.2, 0) is 26.1 Å². The minimum absolute atomic E-state index is 0.125. The third-order valence-corrected chi connectivity index (χ3v) is 6.53. The van der Waals surface area contributed by atoms with Crippen LogP contribution in [0.15, 0.2) is 24.3 Å². The lowest BCUT2D eigenvalue weighted by molar-refractivity contribution is -0.143. The van der Waals surface area contributed by atoms with Gasteiger partial charge in [-0.25, -0.2) is 0 Å². The average Bonchev–Trinajstić information content (AvgIpc) is 2.54. The molecule has 0 heterocycles. The highest BCUT2D eigenvalue weighted by molar-refractivity contribution is 7.85. The van der Waals surface area contributed by atoms with Crippen molar-refractivity contribution in [3.8, 4) is 0 Å². The van der Waals surface area contributed by atoms with E-state index in [0.717, 1.165) is 18.4 Å². The molecule has 3 atom stereocenters. The molecule has 138 valence electrons. The van der Waals surface area contributed by atoms with Gasteiger partial charge in [0.05, 0.1) is 5.92 Å². The van der Waals surface area contributed by atoms with Crippen LogP contribution >= 0.6 is 0 Å². The largest absolute Gasteiger partial charge is 0.481 e. The van der Waals surface area contributed by atoms with Crippen molar-refractivity contribution in [3.63, 3.8) is 0 Å². The monoisotopic (exact) mass is 365 g/mol. The normalized spacial score (nSPS) is 22.2. The molecule has 0 spiro atoms. The van der Waals surface area contributed by atoms with Gasteiger partial charge in [0.2, 0.25) is 5.91 Å².